The minimum absolute atomic E-state index is 0.0251. The molecule has 128 valence electrons. The van der Waals surface area contributed by atoms with Gasteiger partial charge in [0.1, 0.15) is 22.7 Å². The van der Waals surface area contributed by atoms with Crippen molar-refractivity contribution in [1.29, 1.82) is 0 Å². The van der Waals surface area contributed by atoms with Crippen LogP contribution < -0.4 is 15.0 Å². The molecule has 1 aliphatic heterocycles. The van der Waals surface area contributed by atoms with Crippen molar-refractivity contribution in [2.75, 3.05) is 0 Å². The fourth-order valence-corrected chi connectivity index (χ4v) is 2.94. The number of nitrogens with zero attached hydrogens (tertiary/aromatic N) is 1. The van der Waals surface area contributed by atoms with Crippen LogP contribution in [0, 0.1) is 0 Å². The van der Waals surface area contributed by atoms with E-state index in [1.165, 1.54) is 24.3 Å². The van der Waals surface area contributed by atoms with E-state index < -0.39 is 16.8 Å². The topological polar surface area (TPSA) is 105 Å². The molecule has 0 amide bonds. The molecule has 0 fully saturated rings. The number of phenols is 1. The van der Waals surface area contributed by atoms with Crippen molar-refractivity contribution in [2.24, 2.45) is 0 Å². The molecule has 2 unspecified atom stereocenters. The van der Waals surface area contributed by atoms with Gasteiger partial charge in [0.2, 0.25) is 5.88 Å². The van der Waals surface area contributed by atoms with Crippen LogP contribution in [0.1, 0.15) is 33.3 Å². The Kier molecular flexibility index (Phi) is 3.38. The average molecular weight is 332 g/mol. The first-order valence-electron chi connectivity index (χ1n) is 7.56. The highest BCUT2D eigenvalue weighted by Gasteiger charge is 2.62. The van der Waals surface area contributed by atoms with Crippen LogP contribution in [-0.2, 0) is 5.60 Å². The largest absolute Gasteiger partial charge is 0.508 e. The maximum Gasteiger partial charge on any atom is 0.264 e. The standard InChI is InChI=1S/C17H20N2O5/c1-15(2)17(4,22)16(3,24-14-8-7-13(21)18-19-14)11-9-10(20)5-6-12(11)23-15/h5-9,20,22H,1-4H3,(H,18,21). The lowest BCUT2D eigenvalue weighted by atomic mass is 9.68. The van der Waals surface area contributed by atoms with Gasteiger partial charge in [-0.1, -0.05) is 0 Å². The van der Waals surface area contributed by atoms with E-state index in [-0.39, 0.29) is 17.2 Å². The van der Waals surface area contributed by atoms with Gasteiger partial charge in [-0.2, -0.15) is 0 Å². The van der Waals surface area contributed by atoms with Crippen LogP contribution in [0.25, 0.3) is 0 Å². The van der Waals surface area contributed by atoms with E-state index in [4.69, 9.17) is 9.47 Å². The van der Waals surface area contributed by atoms with Crippen molar-refractivity contribution in [2.45, 2.75) is 44.5 Å². The normalized spacial score (nSPS) is 27.9. The van der Waals surface area contributed by atoms with Crippen molar-refractivity contribution in [1.82, 2.24) is 10.2 Å². The predicted octanol–water partition coefficient (Wildman–Crippen LogP) is 1.69. The molecule has 7 heteroatoms. The summed E-state index contributed by atoms with van der Waals surface area (Å²) in [4.78, 5) is 11.2. The molecular weight excluding hydrogens is 312 g/mol. The Morgan fingerprint density at radius 2 is 1.88 bits per heavy atom. The van der Waals surface area contributed by atoms with Gasteiger partial charge in [0.25, 0.3) is 5.56 Å². The summed E-state index contributed by atoms with van der Waals surface area (Å²) in [6.07, 6.45) is 0. The summed E-state index contributed by atoms with van der Waals surface area (Å²) < 4.78 is 11.9. The minimum atomic E-state index is -1.47. The third-order valence-electron chi connectivity index (χ3n) is 4.91. The number of hydrogen-bond acceptors (Lipinski definition) is 6. The molecule has 1 aromatic carbocycles. The second-order valence-electron chi connectivity index (χ2n) is 6.76. The van der Waals surface area contributed by atoms with Gasteiger partial charge in [0.05, 0.1) is 0 Å². The summed E-state index contributed by atoms with van der Waals surface area (Å²) in [5, 5.41) is 27.3. The van der Waals surface area contributed by atoms with E-state index in [2.05, 4.69) is 10.2 Å². The maximum absolute atomic E-state index is 11.2. The third kappa shape index (κ3) is 2.24. The fourth-order valence-electron chi connectivity index (χ4n) is 2.94. The summed E-state index contributed by atoms with van der Waals surface area (Å²) in [6, 6.07) is 7.33. The molecule has 0 saturated carbocycles. The molecule has 2 atom stereocenters. The highest BCUT2D eigenvalue weighted by molar-refractivity contribution is 5.48. The number of phenolic OH excluding ortho intramolecular Hbond substituents is 1. The number of aromatic nitrogens is 2. The minimum Gasteiger partial charge on any atom is -0.508 e. The Morgan fingerprint density at radius 3 is 2.50 bits per heavy atom. The zero-order valence-corrected chi connectivity index (χ0v) is 14.0. The Balaban J connectivity index is 2.19. The van der Waals surface area contributed by atoms with Gasteiger partial charge in [0, 0.05) is 17.7 Å². The van der Waals surface area contributed by atoms with Crippen LogP contribution in [-0.4, -0.2) is 31.6 Å². The van der Waals surface area contributed by atoms with Crippen LogP contribution in [0.4, 0.5) is 0 Å². The molecule has 24 heavy (non-hydrogen) atoms. The van der Waals surface area contributed by atoms with E-state index in [9.17, 15) is 15.0 Å². The zero-order valence-electron chi connectivity index (χ0n) is 14.0. The van der Waals surface area contributed by atoms with Crippen molar-refractivity contribution in [3.8, 4) is 17.4 Å². The smallest absolute Gasteiger partial charge is 0.264 e. The van der Waals surface area contributed by atoms with Crippen molar-refractivity contribution in [3.63, 3.8) is 0 Å². The summed E-state index contributed by atoms with van der Waals surface area (Å²) in [7, 11) is 0. The number of hydrogen-bond donors (Lipinski definition) is 3. The van der Waals surface area contributed by atoms with E-state index >= 15 is 0 Å². The summed E-state index contributed by atoms with van der Waals surface area (Å²) in [5.74, 6) is 0.665. The Bertz CT molecular complexity index is 823. The molecule has 7 nitrogen and oxygen atoms in total. The number of aliphatic hydroxyl groups is 1. The van der Waals surface area contributed by atoms with E-state index in [0.29, 0.717) is 11.3 Å². The van der Waals surface area contributed by atoms with E-state index in [1.54, 1.807) is 33.8 Å². The maximum atomic E-state index is 11.2. The lowest BCUT2D eigenvalue weighted by molar-refractivity contribution is -0.220. The number of nitrogens with one attached hydrogen (secondary N) is 1. The number of rotatable bonds is 2. The second kappa shape index (κ2) is 4.98. The van der Waals surface area contributed by atoms with Crippen LogP contribution in [0.2, 0.25) is 0 Å². The monoisotopic (exact) mass is 332 g/mol. The Hall–Kier alpha value is -2.54. The van der Waals surface area contributed by atoms with Crippen LogP contribution in [0.15, 0.2) is 35.1 Å². The highest BCUT2D eigenvalue weighted by Crippen LogP contribution is 2.52. The van der Waals surface area contributed by atoms with Crippen LogP contribution in [0.5, 0.6) is 17.4 Å². The first-order chi connectivity index (χ1) is 11.1. The van der Waals surface area contributed by atoms with Gasteiger partial charge >= 0.3 is 0 Å². The summed E-state index contributed by atoms with van der Waals surface area (Å²) in [6.45, 7) is 6.81. The first-order valence-corrected chi connectivity index (χ1v) is 7.56. The molecule has 0 spiro atoms. The van der Waals surface area contributed by atoms with Gasteiger partial charge < -0.3 is 19.7 Å². The van der Waals surface area contributed by atoms with Crippen LogP contribution in [0.3, 0.4) is 0 Å². The molecule has 3 rings (SSSR count). The number of benzene rings is 1. The number of aromatic hydroxyl groups is 1. The van der Waals surface area contributed by atoms with Gasteiger partial charge in [0.15, 0.2) is 5.60 Å². The first kappa shape index (κ1) is 16.3. The fraction of sp³-hybridized carbons (Fsp3) is 0.412. The number of fused-ring (bicyclic) bond motifs is 1. The molecule has 1 aliphatic rings. The van der Waals surface area contributed by atoms with Gasteiger partial charge in [-0.15, -0.1) is 5.10 Å². The molecule has 0 aliphatic carbocycles. The van der Waals surface area contributed by atoms with Gasteiger partial charge in [-0.3, -0.25) is 4.79 Å². The average Bonchev–Trinajstić information content (AvgIpc) is 2.49. The van der Waals surface area contributed by atoms with E-state index in [1.807, 2.05) is 0 Å². The molecule has 0 bridgehead atoms. The van der Waals surface area contributed by atoms with Crippen molar-refractivity contribution >= 4 is 0 Å². The highest BCUT2D eigenvalue weighted by atomic mass is 16.6. The second-order valence-corrected chi connectivity index (χ2v) is 6.76. The number of aromatic amines is 1. The molecule has 3 N–H and O–H groups in total. The summed E-state index contributed by atoms with van der Waals surface area (Å²) in [5.41, 5.74) is -3.61. The lowest BCUT2D eigenvalue weighted by Crippen LogP contribution is -2.67. The Morgan fingerprint density at radius 1 is 1.17 bits per heavy atom. The van der Waals surface area contributed by atoms with Crippen molar-refractivity contribution in [3.05, 3.63) is 46.2 Å². The summed E-state index contributed by atoms with van der Waals surface area (Å²) >= 11 is 0. The molecule has 0 saturated heterocycles. The zero-order chi connectivity index (χ0) is 17.8. The SMILES string of the molecule is CC1(C)Oc2ccc(O)cc2C(C)(Oc2ccc(=O)[nH]n2)C1(C)O. The predicted molar refractivity (Wildman–Crippen MR) is 86.3 cm³/mol. The lowest BCUT2D eigenvalue weighted by Gasteiger charge is -2.54. The Labute approximate surface area is 138 Å². The quantitative estimate of drug-likeness (QED) is 0.773. The molecular formula is C17H20N2O5. The third-order valence-corrected chi connectivity index (χ3v) is 4.91. The van der Waals surface area contributed by atoms with Crippen molar-refractivity contribution < 1.29 is 19.7 Å². The number of H-pyrrole nitrogens is 1. The van der Waals surface area contributed by atoms with E-state index in [0.717, 1.165) is 0 Å². The number of ether oxygens (including phenoxy) is 2. The molecule has 1 aromatic heterocycles. The van der Waals surface area contributed by atoms with Gasteiger partial charge in [-0.05, 0) is 45.9 Å². The molecule has 2 heterocycles. The molecule has 0 radical (unpaired) electrons. The molecule has 2 aromatic rings. The van der Waals surface area contributed by atoms with Gasteiger partial charge in [-0.25, -0.2) is 5.10 Å². The van der Waals surface area contributed by atoms with Crippen LogP contribution >= 0.6 is 0 Å².